The summed E-state index contributed by atoms with van der Waals surface area (Å²) in [5.74, 6) is 0.549. The molecule has 1 aromatic rings. The van der Waals surface area contributed by atoms with Crippen LogP contribution in [0, 0.1) is 0 Å². The standard InChI is InChI=1S/C12H19N5O/c1-2-14-12(18)10-3-4-11(17-16-10)15-9-5-7-13-8-6-9/h3-4,9,13H,2,5-8H2,1H3,(H,14,18)(H,15,17). The molecular formula is C12H19N5O. The van der Waals surface area contributed by atoms with Gasteiger partial charge in [-0.3, -0.25) is 4.79 Å². The number of aromatic nitrogens is 2. The normalized spacial score (nSPS) is 16.3. The Labute approximate surface area is 107 Å². The number of carbonyl (C=O) groups is 1. The molecule has 98 valence electrons. The number of piperidine rings is 1. The Morgan fingerprint density at radius 3 is 2.78 bits per heavy atom. The first-order chi connectivity index (χ1) is 8.79. The minimum Gasteiger partial charge on any atom is -0.366 e. The molecule has 0 bridgehead atoms. The van der Waals surface area contributed by atoms with Gasteiger partial charge in [0.2, 0.25) is 0 Å². The maximum atomic E-state index is 11.5. The van der Waals surface area contributed by atoms with Crippen molar-refractivity contribution in [3.63, 3.8) is 0 Å². The minimum atomic E-state index is -0.182. The number of hydrogen-bond acceptors (Lipinski definition) is 5. The summed E-state index contributed by atoms with van der Waals surface area (Å²) in [5, 5.41) is 17.3. The number of amides is 1. The minimum absolute atomic E-state index is 0.182. The molecule has 0 aliphatic carbocycles. The van der Waals surface area contributed by atoms with Crippen LogP contribution >= 0.6 is 0 Å². The van der Waals surface area contributed by atoms with Crippen LogP contribution in [-0.4, -0.2) is 41.8 Å². The molecule has 1 saturated heterocycles. The predicted molar refractivity (Wildman–Crippen MR) is 69.6 cm³/mol. The van der Waals surface area contributed by atoms with Gasteiger partial charge in [0, 0.05) is 12.6 Å². The average molecular weight is 249 g/mol. The van der Waals surface area contributed by atoms with E-state index >= 15 is 0 Å². The van der Waals surface area contributed by atoms with Crippen LogP contribution in [0.25, 0.3) is 0 Å². The molecule has 18 heavy (non-hydrogen) atoms. The highest BCUT2D eigenvalue weighted by Crippen LogP contribution is 2.10. The van der Waals surface area contributed by atoms with Crippen LogP contribution in [0.15, 0.2) is 12.1 Å². The van der Waals surface area contributed by atoms with Gasteiger partial charge in [0.25, 0.3) is 5.91 Å². The molecule has 0 radical (unpaired) electrons. The van der Waals surface area contributed by atoms with Crippen LogP contribution in [0.1, 0.15) is 30.3 Å². The highest BCUT2D eigenvalue weighted by Gasteiger charge is 2.13. The van der Waals surface area contributed by atoms with Crippen LogP contribution in [0.4, 0.5) is 5.82 Å². The van der Waals surface area contributed by atoms with E-state index in [0.717, 1.165) is 31.7 Å². The van der Waals surface area contributed by atoms with E-state index in [2.05, 4.69) is 26.1 Å². The van der Waals surface area contributed by atoms with E-state index in [1.54, 1.807) is 12.1 Å². The zero-order chi connectivity index (χ0) is 12.8. The van der Waals surface area contributed by atoms with Gasteiger partial charge in [-0.15, -0.1) is 10.2 Å². The number of nitrogens with one attached hydrogen (secondary N) is 3. The Morgan fingerprint density at radius 2 is 2.17 bits per heavy atom. The summed E-state index contributed by atoms with van der Waals surface area (Å²) < 4.78 is 0. The lowest BCUT2D eigenvalue weighted by Crippen LogP contribution is -2.35. The lowest BCUT2D eigenvalue weighted by Gasteiger charge is -2.23. The van der Waals surface area contributed by atoms with E-state index in [9.17, 15) is 4.79 Å². The summed E-state index contributed by atoms with van der Waals surface area (Å²) in [6.45, 7) is 4.53. The molecule has 1 aromatic heterocycles. The van der Waals surface area contributed by atoms with Gasteiger partial charge in [0.05, 0.1) is 0 Å². The van der Waals surface area contributed by atoms with Gasteiger partial charge in [-0.1, -0.05) is 0 Å². The second kappa shape index (κ2) is 6.30. The Balaban J connectivity index is 1.92. The molecule has 1 amide bonds. The van der Waals surface area contributed by atoms with E-state index in [-0.39, 0.29) is 5.91 Å². The monoisotopic (exact) mass is 249 g/mol. The summed E-state index contributed by atoms with van der Waals surface area (Å²) in [4.78, 5) is 11.5. The second-order valence-electron chi connectivity index (χ2n) is 4.33. The summed E-state index contributed by atoms with van der Waals surface area (Å²) in [7, 11) is 0. The number of anilines is 1. The van der Waals surface area contributed by atoms with Crippen LogP contribution in [0.2, 0.25) is 0 Å². The van der Waals surface area contributed by atoms with E-state index in [1.807, 2.05) is 6.92 Å². The predicted octanol–water partition coefficient (Wildman–Crippen LogP) is 0.390. The first-order valence-electron chi connectivity index (χ1n) is 6.38. The van der Waals surface area contributed by atoms with Crippen molar-refractivity contribution < 1.29 is 4.79 Å². The molecule has 3 N–H and O–H groups in total. The van der Waals surface area contributed by atoms with Crippen LogP contribution in [0.5, 0.6) is 0 Å². The molecule has 0 aromatic carbocycles. The van der Waals surface area contributed by atoms with Gasteiger partial charge >= 0.3 is 0 Å². The Bertz CT molecular complexity index is 386. The highest BCUT2D eigenvalue weighted by atomic mass is 16.1. The van der Waals surface area contributed by atoms with Gasteiger partial charge in [-0.2, -0.15) is 0 Å². The van der Waals surface area contributed by atoms with E-state index in [4.69, 9.17) is 0 Å². The average Bonchev–Trinajstić information content (AvgIpc) is 2.41. The number of hydrogen-bond donors (Lipinski definition) is 3. The number of rotatable bonds is 4. The summed E-state index contributed by atoms with van der Waals surface area (Å²) in [6.07, 6.45) is 2.17. The molecular weight excluding hydrogens is 230 g/mol. The van der Waals surface area contributed by atoms with Crippen molar-refractivity contribution in [3.05, 3.63) is 17.8 Å². The van der Waals surface area contributed by atoms with Crippen molar-refractivity contribution >= 4 is 11.7 Å². The van der Waals surface area contributed by atoms with Crippen LogP contribution in [0.3, 0.4) is 0 Å². The quantitative estimate of drug-likeness (QED) is 0.719. The van der Waals surface area contributed by atoms with E-state index in [1.165, 1.54) is 0 Å². The van der Waals surface area contributed by atoms with E-state index < -0.39 is 0 Å². The largest absolute Gasteiger partial charge is 0.366 e. The smallest absolute Gasteiger partial charge is 0.271 e. The fourth-order valence-electron chi connectivity index (χ4n) is 1.96. The van der Waals surface area contributed by atoms with Crippen LogP contribution < -0.4 is 16.0 Å². The highest BCUT2D eigenvalue weighted by molar-refractivity contribution is 5.92. The molecule has 0 spiro atoms. The molecule has 6 nitrogen and oxygen atoms in total. The van der Waals surface area contributed by atoms with Crippen molar-refractivity contribution in [2.75, 3.05) is 25.0 Å². The Hall–Kier alpha value is -1.69. The lowest BCUT2D eigenvalue weighted by molar-refractivity contribution is 0.0950. The molecule has 2 rings (SSSR count). The number of nitrogens with zero attached hydrogens (tertiary/aromatic N) is 2. The summed E-state index contributed by atoms with van der Waals surface area (Å²) >= 11 is 0. The molecule has 0 unspecified atom stereocenters. The Morgan fingerprint density at radius 1 is 1.39 bits per heavy atom. The fraction of sp³-hybridized carbons (Fsp3) is 0.583. The second-order valence-corrected chi connectivity index (χ2v) is 4.33. The molecule has 1 aliphatic rings. The van der Waals surface area contributed by atoms with Gasteiger partial charge < -0.3 is 16.0 Å². The Kier molecular flexibility index (Phi) is 4.46. The van der Waals surface area contributed by atoms with Crippen molar-refractivity contribution in [1.82, 2.24) is 20.8 Å². The third-order valence-corrected chi connectivity index (χ3v) is 2.93. The zero-order valence-electron chi connectivity index (χ0n) is 10.6. The molecule has 1 aliphatic heterocycles. The van der Waals surface area contributed by atoms with E-state index in [0.29, 0.717) is 18.3 Å². The first-order valence-corrected chi connectivity index (χ1v) is 6.38. The van der Waals surface area contributed by atoms with Gasteiger partial charge in [0.15, 0.2) is 5.69 Å². The third-order valence-electron chi connectivity index (χ3n) is 2.93. The molecule has 2 heterocycles. The zero-order valence-corrected chi connectivity index (χ0v) is 10.6. The van der Waals surface area contributed by atoms with Crippen molar-refractivity contribution in [2.45, 2.75) is 25.8 Å². The maximum Gasteiger partial charge on any atom is 0.271 e. The summed E-state index contributed by atoms with van der Waals surface area (Å²) in [5.41, 5.74) is 0.354. The molecule has 6 heteroatoms. The third kappa shape index (κ3) is 3.40. The maximum absolute atomic E-state index is 11.5. The first kappa shape index (κ1) is 12.8. The molecule has 1 fully saturated rings. The lowest BCUT2D eigenvalue weighted by atomic mass is 10.1. The summed E-state index contributed by atoms with van der Waals surface area (Å²) in [6, 6.07) is 3.94. The van der Waals surface area contributed by atoms with Crippen LogP contribution in [-0.2, 0) is 0 Å². The topological polar surface area (TPSA) is 78.9 Å². The molecule has 0 atom stereocenters. The molecule has 0 saturated carbocycles. The number of carbonyl (C=O) groups excluding carboxylic acids is 1. The SMILES string of the molecule is CCNC(=O)c1ccc(NC2CCNCC2)nn1. The van der Waals surface area contributed by atoms with Crippen molar-refractivity contribution in [3.8, 4) is 0 Å². The van der Waals surface area contributed by atoms with Gasteiger partial charge in [-0.25, -0.2) is 0 Å². The fourth-order valence-corrected chi connectivity index (χ4v) is 1.96. The van der Waals surface area contributed by atoms with Gasteiger partial charge in [0.1, 0.15) is 5.82 Å². The van der Waals surface area contributed by atoms with Crippen molar-refractivity contribution in [2.24, 2.45) is 0 Å². The van der Waals surface area contributed by atoms with Crippen molar-refractivity contribution in [1.29, 1.82) is 0 Å². The van der Waals surface area contributed by atoms with Gasteiger partial charge in [-0.05, 0) is 45.0 Å².